The number of aliphatic hydroxyl groups is 1. The molecule has 0 aliphatic rings. The molecule has 0 saturated carbocycles. The van der Waals surface area contributed by atoms with Crippen molar-refractivity contribution in [2.45, 2.75) is 39.7 Å². The Labute approximate surface area is 69.4 Å². The Morgan fingerprint density at radius 2 is 2.00 bits per heavy atom. The highest BCUT2D eigenvalue weighted by Gasteiger charge is 2.04. The standard InChI is InChI=1S/C10H18O/c1-5-9(2)7-6-8-10(3,4)11/h6-8,11H,5H2,1-4H3. The van der Waals surface area contributed by atoms with E-state index in [1.807, 2.05) is 12.2 Å². The van der Waals surface area contributed by atoms with Crippen LogP contribution in [-0.4, -0.2) is 10.7 Å². The third-order valence-electron chi connectivity index (χ3n) is 1.44. The van der Waals surface area contributed by atoms with Gasteiger partial charge >= 0.3 is 0 Å². The smallest absolute Gasteiger partial charge is 0.0774 e. The van der Waals surface area contributed by atoms with Gasteiger partial charge in [-0.1, -0.05) is 30.7 Å². The predicted molar refractivity (Wildman–Crippen MR) is 49.5 cm³/mol. The zero-order chi connectivity index (χ0) is 8.91. The van der Waals surface area contributed by atoms with Gasteiger partial charge < -0.3 is 5.11 Å². The van der Waals surface area contributed by atoms with Gasteiger partial charge in [-0.05, 0) is 27.2 Å². The fourth-order valence-corrected chi connectivity index (χ4v) is 0.566. The number of allylic oxidation sites excluding steroid dienone is 3. The van der Waals surface area contributed by atoms with E-state index in [9.17, 15) is 5.11 Å². The lowest BCUT2D eigenvalue weighted by molar-refractivity contribution is 0.133. The van der Waals surface area contributed by atoms with E-state index in [0.717, 1.165) is 6.42 Å². The SMILES string of the molecule is CCC(C)=CC=CC(C)(C)O. The summed E-state index contributed by atoms with van der Waals surface area (Å²) in [6, 6.07) is 0. The Kier molecular flexibility index (Phi) is 4.12. The van der Waals surface area contributed by atoms with Crippen molar-refractivity contribution in [3.8, 4) is 0 Å². The van der Waals surface area contributed by atoms with Gasteiger partial charge in [0.05, 0.1) is 5.60 Å². The maximum atomic E-state index is 9.29. The molecule has 0 unspecified atom stereocenters. The molecule has 1 heteroatoms. The first kappa shape index (κ1) is 10.4. The average Bonchev–Trinajstić information content (AvgIpc) is 1.85. The highest BCUT2D eigenvalue weighted by molar-refractivity contribution is 5.12. The first-order valence-electron chi connectivity index (χ1n) is 4.03. The molecule has 0 fully saturated rings. The molecule has 64 valence electrons. The molecule has 11 heavy (non-hydrogen) atoms. The van der Waals surface area contributed by atoms with E-state index in [1.165, 1.54) is 5.57 Å². The van der Waals surface area contributed by atoms with Crippen molar-refractivity contribution in [2.75, 3.05) is 0 Å². The first-order chi connectivity index (χ1) is 4.95. The molecule has 0 rings (SSSR count). The highest BCUT2D eigenvalue weighted by Crippen LogP contribution is 2.04. The average molecular weight is 154 g/mol. The van der Waals surface area contributed by atoms with Crippen molar-refractivity contribution >= 4 is 0 Å². The Balaban J connectivity index is 3.96. The van der Waals surface area contributed by atoms with Crippen LogP contribution in [0.15, 0.2) is 23.8 Å². The van der Waals surface area contributed by atoms with Crippen LogP contribution in [-0.2, 0) is 0 Å². The van der Waals surface area contributed by atoms with Gasteiger partial charge in [-0.15, -0.1) is 0 Å². The lowest BCUT2D eigenvalue weighted by Crippen LogP contribution is -2.13. The van der Waals surface area contributed by atoms with E-state index < -0.39 is 5.60 Å². The lowest BCUT2D eigenvalue weighted by Gasteiger charge is -2.09. The molecule has 0 aliphatic heterocycles. The molecule has 0 atom stereocenters. The van der Waals surface area contributed by atoms with Crippen LogP contribution in [0.3, 0.4) is 0 Å². The van der Waals surface area contributed by atoms with Crippen LogP contribution in [0.25, 0.3) is 0 Å². The Morgan fingerprint density at radius 3 is 2.36 bits per heavy atom. The minimum Gasteiger partial charge on any atom is -0.386 e. The van der Waals surface area contributed by atoms with Crippen LogP contribution in [0, 0.1) is 0 Å². The maximum absolute atomic E-state index is 9.29. The second-order valence-corrected chi connectivity index (χ2v) is 3.38. The third kappa shape index (κ3) is 7.34. The summed E-state index contributed by atoms with van der Waals surface area (Å²) >= 11 is 0. The van der Waals surface area contributed by atoms with Crippen LogP contribution >= 0.6 is 0 Å². The van der Waals surface area contributed by atoms with Crippen molar-refractivity contribution in [2.24, 2.45) is 0 Å². The van der Waals surface area contributed by atoms with Gasteiger partial charge in [0.1, 0.15) is 0 Å². The second-order valence-electron chi connectivity index (χ2n) is 3.38. The molecule has 0 amide bonds. The van der Waals surface area contributed by atoms with Crippen LogP contribution in [0.4, 0.5) is 0 Å². The zero-order valence-corrected chi connectivity index (χ0v) is 7.89. The monoisotopic (exact) mass is 154 g/mol. The predicted octanol–water partition coefficient (Wildman–Crippen LogP) is 2.67. The molecule has 0 bridgehead atoms. The minimum atomic E-state index is -0.690. The summed E-state index contributed by atoms with van der Waals surface area (Å²) in [5, 5.41) is 9.29. The van der Waals surface area contributed by atoms with E-state index in [2.05, 4.69) is 13.8 Å². The third-order valence-corrected chi connectivity index (χ3v) is 1.44. The van der Waals surface area contributed by atoms with E-state index in [-0.39, 0.29) is 0 Å². The molecular formula is C10H18O. The van der Waals surface area contributed by atoms with Gasteiger partial charge in [-0.25, -0.2) is 0 Å². The summed E-state index contributed by atoms with van der Waals surface area (Å²) in [7, 11) is 0. The van der Waals surface area contributed by atoms with Gasteiger partial charge in [0.2, 0.25) is 0 Å². The lowest BCUT2D eigenvalue weighted by atomic mass is 10.1. The zero-order valence-electron chi connectivity index (χ0n) is 7.89. The summed E-state index contributed by atoms with van der Waals surface area (Å²) in [5.41, 5.74) is 0.635. The molecule has 1 N–H and O–H groups in total. The summed E-state index contributed by atoms with van der Waals surface area (Å²) < 4.78 is 0. The van der Waals surface area contributed by atoms with Crippen molar-refractivity contribution < 1.29 is 5.11 Å². The van der Waals surface area contributed by atoms with Crippen LogP contribution in [0.5, 0.6) is 0 Å². The fraction of sp³-hybridized carbons (Fsp3) is 0.600. The number of hydrogen-bond acceptors (Lipinski definition) is 1. The normalized spacial score (nSPS) is 14.5. The van der Waals surface area contributed by atoms with Crippen molar-refractivity contribution in [3.05, 3.63) is 23.8 Å². The quantitative estimate of drug-likeness (QED) is 0.620. The molecule has 0 saturated heterocycles. The molecule has 0 radical (unpaired) electrons. The Bertz CT molecular complexity index is 158. The van der Waals surface area contributed by atoms with E-state index >= 15 is 0 Å². The van der Waals surface area contributed by atoms with Gasteiger partial charge in [0.15, 0.2) is 0 Å². The van der Waals surface area contributed by atoms with Gasteiger partial charge in [-0.3, -0.25) is 0 Å². The van der Waals surface area contributed by atoms with Crippen LogP contribution < -0.4 is 0 Å². The summed E-state index contributed by atoms with van der Waals surface area (Å²) in [6.07, 6.45) is 6.78. The molecule has 0 spiro atoms. The Hall–Kier alpha value is -0.560. The van der Waals surface area contributed by atoms with Crippen molar-refractivity contribution in [1.82, 2.24) is 0 Å². The van der Waals surface area contributed by atoms with E-state index in [1.54, 1.807) is 19.9 Å². The second kappa shape index (κ2) is 4.35. The van der Waals surface area contributed by atoms with E-state index in [0.29, 0.717) is 0 Å². The van der Waals surface area contributed by atoms with Gasteiger partial charge in [0, 0.05) is 0 Å². The largest absolute Gasteiger partial charge is 0.386 e. The van der Waals surface area contributed by atoms with Crippen LogP contribution in [0.2, 0.25) is 0 Å². The topological polar surface area (TPSA) is 20.2 Å². The minimum absolute atomic E-state index is 0.690. The maximum Gasteiger partial charge on any atom is 0.0774 e. The summed E-state index contributed by atoms with van der Waals surface area (Å²) in [4.78, 5) is 0. The van der Waals surface area contributed by atoms with Crippen molar-refractivity contribution in [3.63, 3.8) is 0 Å². The summed E-state index contributed by atoms with van der Waals surface area (Å²) in [5.74, 6) is 0. The molecule has 1 nitrogen and oxygen atoms in total. The van der Waals surface area contributed by atoms with E-state index in [4.69, 9.17) is 0 Å². The molecule has 0 aromatic carbocycles. The highest BCUT2D eigenvalue weighted by atomic mass is 16.3. The number of hydrogen-bond donors (Lipinski definition) is 1. The molecular weight excluding hydrogens is 136 g/mol. The molecule has 0 aliphatic carbocycles. The Morgan fingerprint density at radius 1 is 1.45 bits per heavy atom. The number of rotatable bonds is 3. The van der Waals surface area contributed by atoms with Crippen LogP contribution in [0.1, 0.15) is 34.1 Å². The van der Waals surface area contributed by atoms with Gasteiger partial charge in [-0.2, -0.15) is 0 Å². The fourth-order valence-electron chi connectivity index (χ4n) is 0.566. The first-order valence-corrected chi connectivity index (χ1v) is 4.03. The molecule has 0 aromatic heterocycles. The molecule has 0 aromatic rings. The summed E-state index contributed by atoms with van der Waals surface area (Å²) in [6.45, 7) is 7.72. The van der Waals surface area contributed by atoms with Crippen molar-refractivity contribution in [1.29, 1.82) is 0 Å². The molecule has 0 heterocycles. The van der Waals surface area contributed by atoms with Gasteiger partial charge in [0.25, 0.3) is 0 Å².